The van der Waals surface area contributed by atoms with Crippen LogP contribution in [0.3, 0.4) is 0 Å². The summed E-state index contributed by atoms with van der Waals surface area (Å²) >= 11 is 0. The molecule has 12 nitrogen and oxygen atoms in total. The van der Waals surface area contributed by atoms with Crippen molar-refractivity contribution in [2.75, 3.05) is 34.3 Å². The van der Waals surface area contributed by atoms with Gasteiger partial charge in [0.1, 0.15) is 17.6 Å². The Morgan fingerprint density at radius 1 is 1.08 bits per heavy atom. The van der Waals surface area contributed by atoms with Crippen molar-refractivity contribution >= 4 is 17.7 Å². The van der Waals surface area contributed by atoms with Gasteiger partial charge in [-0.25, -0.2) is 0 Å². The lowest BCUT2D eigenvalue weighted by molar-refractivity contribution is -0.297. The highest BCUT2D eigenvalue weighted by Crippen LogP contribution is 2.43. The van der Waals surface area contributed by atoms with Crippen molar-refractivity contribution in [2.45, 2.75) is 154 Å². The van der Waals surface area contributed by atoms with Gasteiger partial charge >= 0.3 is 11.9 Å². The van der Waals surface area contributed by atoms with Crippen LogP contribution in [0.4, 0.5) is 0 Å². The zero-order chi connectivity index (χ0) is 35.8. The molecule has 0 spiro atoms. The highest BCUT2D eigenvalue weighted by Gasteiger charge is 2.56. The molecular formula is C36H63N3O9. The van der Waals surface area contributed by atoms with Crippen molar-refractivity contribution in [3.05, 3.63) is 0 Å². The fraction of sp³-hybridized carbons (Fsp3) is 0.917. The number of nitrogens with zero attached hydrogens (tertiary/aromatic N) is 1. The lowest BCUT2D eigenvalue weighted by atomic mass is 9.74. The van der Waals surface area contributed by atoms with Gasteiger partial charge in [0.05, 0.1) is 24.2 Å². The number of fused-ring (bicyclic) bond motifs is 1. The van der Waals surface area contributed by atoms with E-state index in [2.05, 4.69) is 17.6 Å². The molecule has 0 amide bonds. The van der Waals surface area contributed by atoms with Crippen molar-refractivity contribution in [3.8, 4) is 0 Å². The molecule has 1 saturated carbocycles. The molecule has 1 aliphatic carbocycles. The molecule has 276 valence electrons. The number of ketones is 1. The smallest absolute Gasteiger partial charge is 0.319 e. The number of aliphatic hydroxyl groups is 1. The normalized spacial score (nSPS) is 43.2. The summed E-state index contributed by atoms with van der Waals surface area (Å²) in [5.41, 5.74) is -3.64. The van der Waals surface area contributed by atoms with Crippen molar-refractivity contribution in [1.82, 2.24) is 15.5 Å². The maximum absolute atomic E-state index is 14.5. The van der Waals surface area contributed by atoms with Gasteiger partial charge in [0, 0.05) is 43.6 Å². The summed E-state index contributed by atoms with van der Waals surface area (Å²) in [6.45, 7) is 15.9. The van der Waals surface area contributed by atoms with Gasteiger partial charge in [-0.1, -0.05) is 20.8 Å². The number of cyclic esters (lactones) is 1. The second-order valence-electron chi connectivity index (χ2n) is 16.2. The predicted octanol–water partition coefficient (Wildman–Crippen LogP) is 2.83. The minimum absolute atomic E-state index is 0.0512. The molecule has 3 N–H and O–H groups in total. The lowest BCUT2D eigenvalue weighted by Gasteiger charge is -2.47. The van der Waals surface area contributed by atoms with Gasteiger partial charge in [0.15, 0.2) is 17.7 Å². The average Bonchev–Trinajstić information content (AvgIpc) is 3.81. The Kier molecular flexibility index (Phi) is 12.5. The monoisotopic (exact) mass is 681 g/mol. The molecular weight excluding hydrogens is 618 g/mol. The number of hydrogen-bond acceptors (Lipinski definition) is 12. The van der Waals surface area contributed by atoms with Crippen molar-refractivity contribution in [1.29, 1.82) is 0 Å². The molecule has 0 bridgehead atoms. The fourth-order valence-corrected chi connectivity index (χ4v) is 8.22. The Hall–Kier alpha value is -1.67. The van der Waals surface area contributed by atoms with E-state index in [0.29, 0.717) is 38.4 Å². The minimum Gasteiger partial charge on any atom is -0.457 e. The highest BCUT2D eigenvalue weighted by molar-refractivity contribution is 6.04. The van der Waals surface area contributed by atoms with Crippen molar-refractivity contribution in [2.24, 2.45) is 23.2 Å². The number of carbonyl (C=O) groups is 3. The first-order chi connectivity index (χ1) is 22.4. The van der Waals surface area contributed by atoms with E-state index in [9.17, 15) is 19.5 Å². The van der Waals surface area contributed by atoms with Gasteiger partial charge in [-0.05, 0) is 93.3 Å². The van der Waals surface area contributed by atoms with Crippen LogP contribution in [0.1, 0.15) is 93.9 Å². The van der Waals surface area contributed by atoms with Crippen LogP contribution in [0.2, 0.25) is 0 Å². The van der Waals surface area contributed by atoms with E-state index >= 15 is 0 Å². The van der Waals surface area contributed by atoms with E-state index in [1.54, 1.807) is 27.9 Å². The molecule has 4 fully saturated rings. The first kappa shape index (κ1) is 39.1. The highest BCUT2D eigenvalue weighted by atomic mass is 16.7. The first-order valence-electron chi connectivity index (χ1n) is 18.0. The summed E-state index contributed by atoms with van der Waals surface area (Å²) in [7, 11) is 5.46. The number of likely N-dealkylation sites (N-methyl/N-ethyl adjacent to an activating group) is 1. The molecule has 3 saturated heterocycles. The second-order valence-corrected chi connectivity index (χ2v) is 16.2. The molecule has 3 heterocycles. The molecule has 12 atom stereocenters. The average molecular weight is 682 g/mol. The van der Waals surface area contributed by atoms with Crippen LogP contribution >= 0.6 is 0 Å². The van der Waals surface area contributed by atoms with Gasteiger partial charge < -0.3 is 44.3 Å². The molecule has 48 heavy (non-hydrogen) atoms. The number of rotatable bonds is 8. The molecule has 0 radical (unpaired) electrons. The third kappa shape index (κ3) is 8.27. The third-order valence-electron chi connectivity index (χ3n) is 11.6. The zero-order valence-electron chi connectivity index (χ0n) is 31.2. The third-order valence-corrected chi connectivity index (χ3v) is 11.6. The Bertz CT molecular complexity index is 1150. The first-order valence-corrected chi connectivity index (χ1v) is 18.0. The van der Waals surface area contributed by atoms with Crippen LogP contribution in [0.25, 0.3) is 0 Å². The summed E-state index contributed by atoms with van der Waals surface area (Å²) in [4.78, 5) is 43.1. The number of aliphatic hydroxyl groups excluding tert-OH is 1. The predicted molar refractivity (Wildman–Crippen MR) is 180 cm³/mol. The van der Waals surface area contributed by atoms with Crippen molar-refractivity contribution in [3.63, 3.8) is 0 Å². The number of esters is 2. The van der Waals surface area contributed by atoms with Gasteiger partial charge in [0.2, 0.25) is 0 Å². The van der Waals surface area contributed by atoms with Crippen LogP contribution in [0.5, 0.6) is 0 Å². The van der Waals surface area contributed by atoms with Gasteiger partial charge in [-0.2, -0.15) is 0 Å². The summed E-state index contributed by atoms with van der Waals surface area (Å²) < 4.78 is 31.5. The maximum Gasteiger partial charge on any atom is 0.319 e. The number of carbonyl (C=O) groups excluding carboxylic acids is 3. The number of nitrogens with one attached hydrogen (secondary N) is 2. The van der Waals surface area contributed by atoms with E-state index in [-0.39, 0.29) is 48.2 Å². The fourth-order valence-electron chi connectivity index (χ4n) is 8.22. The Morgan fingerprint density at radius 2 is 1.75 bits per heavy atom. The van der Waals surface area contributed by atoms with Crippen LogP contribution < -0.4 is 10.6 Å². The van der Waals surface area contributed by atoms with E-state index in [1.165, 1.54) is 0 Å². The minimum atomic E-state index is -1.57. The van der Waals surface area contributed by atoms with Crippen LogP contribution in [-0.4, -0.2) is 122 Å². The van der Waals surface area contributed by atoms with Crippen LogP contribution in [-0.2, 0) is 38.1 Å². The number of hydrogen-bond donors (Lipinski definition) is 3. The molecule has 4 aliphatic rings. The van der Waals surface area contributed by atoms with Gasteiger partial charge in [0.25, 0.3) is 0 Å². The number of methoxy groups -OCH3 is 1. The Balaban J connectivity index is 1.70. The molecule has 12 heteroatoms. The topological polar surface area (TPSA) is 145 Å². The van der Waals surface area contributed by atoms with Crippen LogP contribution in [0, 0.1) is 23.2 Å². The summed E-state index contributed by atoms with van der Waals surface area (Å²) in [6.07, 6.45) is 0.176. The number of ether oxygens (including phenoxy) is 5. The maximum atomic E-state index is 14.5. The standard InChI is InChI=1S/C36H63N3O9/c1-12-27-36(8)25(16-28(40)48-36)22(4)37-18-20(2)17-35(7,44-11)31(21(3)30(42)34(5,6)33(43)46-27)47-32-29(41)26(39(9)10)15-24(45-32)19-38-23-13-14-23/h20-27,29,31-32,37-38,41H,12-19H2,1-11H3/t20-,21+,22-,24+,25-,26?,27-,29-,31-,32+,35-,36+/m1/s1. The van der Waals surface area contributed by atoms with E-state index in [0.717, 1.165) is 12.8 Å². The quantitative estimate of drug-likeness (QED) is 0.256. The zero-order valence-corrected chi connectivity index (χ0v) is 31.2. The SMILES string of the molecule is CC[C@H]1OC(=O)C(C)(C)C(=O)[C@H](C)[C@@H](O[C@@H]2O[C@H](CNC3CC3)CC(N(C)C)[C@H]2O)[C@](C)(OC)C[C@@H](C)CN[C@H](C)[C@H]2CC(=O)O[C@@]21C. The van der Waals surface area contributed by atoms with Gasteiger partial charge in [-0.3, -0.25) is 14.4 Å². The molecule has 4 rings (SSSR count). The van der Waals surface area contributed by atoms with Crippen LogP contribution in [0.15, 0.2) is 0 Å². The molecule has 0 aromatic rings. The van der Waals surface area contributed by atoms with E-state index in [1.807, 2.05) is 46.7 Å². The molecule has 0 aromatic heterocycles. The van der Waals surface area contributed by atoms with Crippen molar-refractivity contribution < 1.29 is 43.2 Å². The Morgan fingerprint density at radius 3 is 2.33 bits per heavy atom. The molecule has 1 unspecified atom stereocenters. The van der Waals surface area contributed by atoms with E-state index < -0.39 is 53.1 Å². The summed E-state index contributed by atoms with van der Waals surface area (Å²) in [5.74, 6) is -2.45. The second kappa shape index (κ2) is 15.3. The summed E-state index contributed by atoms with van der Waals surface area (Å²) in [6, 6.07) is 0.136. The number of Topliss-reactive ketones (excluding diaryl/α,β-unsaturated/α-hetero) is 1. The molecule has 0 aromatic carbocycles. The Labute approximate surface area is 287 Å². The molecule has 3 aliphatic heterocycles. The largest absolute Gasteiger partial charge is 0.457 e. The lowest BCUT2D eigenvalue weighted by Crippen LogP contribution is -2.60. The summed E-state index contributed by atoms with van der Waals surface area (Å²) in [5, 5.41) is 18.7. The van der Waals surface area contributed by atoms with Gasteiger partial charge in [-0.15, -0.1) is 0 Å². The van der Waals surface area contributed by atoms with E-state index in [4.69, 9.17) is 23.7 Å².